The summed E-state index contributed by atoms with van der Waals surface area (Å²) in [6.45, 7) is -0.0344. The van der Waals surface area contributed by atoms with Gasteiger partial charge < -0.3 is 4.74 Å². The van der Waals surface area contributed by atoms with Gasteiger partial charge in [0.25, 0.3) is 5.69 Å². The van der Waals surface area contributed by atoms with Gasteiger partial charge in [0.2, 0.25) is 0 Å². The van der Waals surface area contributed by atoms with Crippen molar-refractivity contribution in [3.8, 4) is 0 Å². The Bertz CT molecular complexity index is 728. The lowest BCUT2D eigenvalue weighted by molar-refractivity contribution is -0.384. The number of hydrogen-bond donors (Lipinski definition) is 0. The van der Waals surface area contributed by atoms with Crippen LogP contribution in [-0.4, -0.2) is 10.9 Å². The molecule has 112 valence electrons. The Kier molecular flexibility index (Phi) is 5.27. The van der Waals surface area contributed by atoms with Crippen LogP contribution in [0.25, 0.3) is 6.08 Å². The van der Waals surface area contributed by atoms with Crippen LogP contribution in [0.1, 0.15) is 11.1 Å². The molecule has 0 spiro atoms. The van der Waals surface area contributed by atoms with Crippen molar-refractivity contribution in [3.63, 3.8) is 0 Å². The van der Waals surface area contributed by atoms with Gasteiger partial charge in [-0.1, -0.05) is 41.9 Å². The highest BCUT2D eigenvalue weighted by Gasteiger charge is 2.06. The van der Waals surface area contributed by atoms with Gasteiger partial charge in [-0.2, -0.15) is 0 Å². The van der Waals surface area contributed by atoms with Crippen molar-refractivity contribution in [1.29, 1.82) is 0 Å². The second kappa shape index (κ2) is 7.38. The Labute approximate surface area is 131 Å². The summed E-state index contributed by atoms with van der Waals surface area (Å²) in [5.41, 5.74) is 1.21. The second-order valence-corrected chi connectivity index (χ2v) is 4.80. The topological polar surface area (TPSA) is 69.4 Å². The number of benzene rings is 2. The van der Waals surface area contributed by atoms with Gasteiger partial charge in [-0.15, -0.1) is 0 Å². The molecule has 0 saturated carbocycles. The summed E-state index contributed by atoms with van der Waals surface area (Å²) in [6.07, 6.45) is 2.82. The number of esters is 1. The first-order valence-electron chi connectivity index (χ1n) is 6.39. The maximum atomic E-state index is 11.6. The Morgan fingerprint density at radius 1 is 1.23 bits per heavy atom. The Morgan fingerprint density at radius 3 is 2.73 bits per heavy atom. The fourth-order valence-corrected chi connectivity index (χ4v) is 1.93. The quantitative estimate of drug-likeness (QED) is 0.361. The van der Waals surface area contributed by atoms with Crippen molar-refractivity contribution >= 4 is 29.3 Å². The minimum Gasteiger partial charge on any atom is -0.458 e. The van der Waals surface area contributed by atoms with Gasteiger partial charge in [0.15, 0.2) is 0 Å². The average Bonchev–Trinajstić information content (AvgIpc) is 2.52. The molecular formula is C16H12ClNO4. The lowest BCUT2D eigenvalue weighted by Crippen LogP contribution is -2.01. The van der Waals surface area contributed by atoms with Crippen LogP contribution in [0.3, 0.4) is 0 Å². The third-order valence-corrected chi connectivity index (χ3v) is 3.15. The van der Waals surface area contributed by atoms with Crippen LogP contribution in [0, 0.1) is 10.1 Å². The zero-order valence-corrected chi connectivity index (χ0v) is 12.2. The molecule has 2 rings (SSSR count). The summed E-state index contributed by atoms with van der Waals surface area (Å²) in [5, 5.41) is 11.2. The molecule has 0 aliphatic carbocycles. The first-order valence-corrected chi connectivity index (χ1v) is 6.77. The third kappa shape index (κ3) is 4.43. The number of rotatable bonds is 5. The number of carbonyl (C=O) groups excluding carboxylic acids is 1. The molecule has 22 heavy (non-hydrogen) atoms. The van der Waals surface area contributed by atoms with Crippen molar-refractivity contribution in [3.05, 3.63) is 80.9 Å². The first-order chi connectivity index (χ1) is 10.6. The van der Waals surface area contributed by atoms with E-state index in [-0.39, 0.29) is 12.3 Å². The predicted octanol–water partition coefficient (Wildman–Crippen LogP) is 4.00. The highest BCUT2D eigenvalue weighted by Crippen LogP contribution is 2.17. The number of nitro groups is 1. The van der Waals surface area contributed by atoms with Crippen LogP contribution in [0.4, 0.5) is 5.69 Å². The molecule has 0 saturated heterocycles. The summed E-state index contributed by atoms with van der Waals surface area (Å²) in [5.74, 6) is -0.550. The largest absolute Gasteiger partial charge is 0.458 e. The zero-order chi connectivity index (χ0) is 15.9. The standard InChI is InChI=1S/C16H12ClNO4/c17-15-7-2-1-5-13(15)8-9-16(19)22-11-12-4-3-6-14(10-12)18(20)21/h1-10H,11H2/b9-8+. The van der Waals surface area contributed by atoms with E-state index >= 15 is 0 Å². The van der Waals surface area contributed by atoms with Crippen molar-refractivity contribution in [1.82, 2.24) is 0 Å². The minimum atomic E-state index is -0.550. The van der Waals surface area contributed by atoms with E-state index < -0.39 is 10.9 Å². The lowest BCUT2D eigenvalue weighted by atomic mass is 10.2. The summed E-state index contributed by atoms with van der Waals surface area (Å²) in [7, 11) is 0. The number of halogens is 1. The fourth-order valence-electron chi connectivity index (χ4n) is 1.73. The van der Waals surface area contributed by atoms with Crippen molar-refractivity contribution < 1.29 is 14.5 Å². The van der Waals surface area contributed by atoms with Gasteiger partial charge in [0, 0.05) is 23.2 Å². The molecule has 6 heteroatoms. The van der Waals surface area contributed by atoms with Crippen LogP contribution in [-0.2, 0) is 16.1 Å². The van der Waals surface area contributed by atoms with E-state index in [4.69, 9.17) is 16.3 Å². The summed E-state index contributed by atoms with van der Waals surface area (Å²) >= 11 is 5.96. The molecule has 0 amide bonds. The van der Waals surface area contributed by atoms with Gasteiger partial charge in [0.05, 0.1) is 4.92 Å². The second-order valence-electron chi connectivity index (χ2n) is 4.39. The van der Waals surface area contributed by atoms with Crippen molar-refractivity contribution in [2.45, 2.75) is 6.61 Å². The first kappa shape index (κ1) is 15.7. The summed E-state index contributed by atoms with van der Waals surface area (Å²) in [4.78, 5) is 21.8. The molecule has 0 N–H and O–H groups in total. The molecule has 0 unspecified atom stereocenters. The van der Waals surface area contributed by atoms with Crippen molar-refractivity contribution in [2.75, 3.05) is 0 Å². The maximum Gasteiger partial charge on any atom is 0.331 e. The third-order valence-electron chi connectivity index (χ3n) is 2.81. The van der Waals surface area contributed by atoms with Crippen LogP contribution in [0.15, 0.2) is 54.6 Å². The number of non-ortho nitro benzene ring substituents is 1. The molecule has 0 atom stereocenters. The van der Waals surface area contributed by atoms with Crippen LogP contribution in [0.5, 0.6) is 0 Å². The van der Waals surface area contributed by atoms with Crippen LogP contribution >= 0.6 is 11.6 Å². The summed E-state index contributed by atoms with van der Waals surface area (Å²) in [6, 6.07) is 13.0. The zero-order valence-electron chi connectivity index (χ0n) is 11.4. The molecule has 0 fully saturated rings. The lowest BCUT2D eigenvalue weighted by Gasteiger charge is -2.02. The van der Waals surface area contributed by atoms with Gasteiger partial charge in [-0.3, -0.25) is 10.1 Å². The van der Waals surface area contributed by atoms with Crippen LogP contribution < -0.4 is 0 Å². The highest BCUT2D eigenvalue weighted by atomic mass is 35.5. The molecule has 0 aliphatic heterocycles. The van der Waals surface area contributed by atoms with E-state index in [2.05, 4.69) is 0 Å². The van der Waals surface area contributed by atoms with Gasteiger partial charge >= 0.3 is 5.97 Å². The van der Waals surface area contributed by atoms with E-state index in [0.717, 1.165) is 0 Å². The Morgan fingerprint density at radius 2 is 2.00 bits per heavy atom. The normalized spacial score (nSPS) is 10.6. The SMILES string of the molecule is O=C(/C=C/c1ccccc1Cl)OCc1cccc([N+](=O)[O-])c1. The molecular weight excluding hydrogens is 306 g/mol. The molecule has 0 bridgehead atoms. The van der Waals surface area contributed by atoms with Crippen LogP contribution in [0.2, 0.25) is 5.02 Å². The smallest absolute Gasteiger partial charge is 0.331 e. The number of ether oxygens (including phenoxy) is 1. The van der Waals surface area contributed by atoms with Gasteiger partial charge in [-0.05, 0) is 23.3 Å². The van der Waals surface area contributed by atoms with E-state index in [1.165, 1.54) is 18.2 Å². The van der Waals surface area contributed by atoms with E-state index in [0.29, 0.717) is 16.1 Å². The number of hydrogen-bond acceptors (Lipinski definition) is 4. The number of nitro benzene ring substituents is 1. The van der Waals surface area contributed by atoms with E-state index in [1.54, 1.807) is 42.5 Å². The average molecular weight is 318 g/mol. The predicted molar refractivity (Wildman–Crippen MR) is 83.4 cm³/mol. The number of nitrogens with zero attached hydrogens (tertiary/aromatic N) is 1. The molecule has 2 aromatic rings. The highest BCUT2D eigenvalue weighted by molar-refractivity contribution is 6.32. The summed E-state index contributed by atoms with van der Waals surface area (Å²) < 4.78 is 5.03. The van der Waals surface area contributed by atoms with Gasteiger partial charge in [0.1, 0.15) is 6.61 Å². The monoisotopic (exact) mass is 317 g/mol. The minimum absolute atomic E-state index is 0.0344. The maximum absolute atomic E-state index is 11.6. The Balaban J connectivity index is 1.94. The molecule has 2 aromatic carbocycles. The number of carbonyl (C=O) groups is 1. The van der Waals surface area contributed by atoms with Gasteiger partial charge in [-0.25, -0.2) is 4.79 Å². The fraction of sp³-hybridized carbons (Fsp3) is 0.0625. The molecule has 0 heterocycles. The van der Waals surface area contributed by atoms with Crippen molar-refractivity contribution in [2.24, 2.45) is 0 Å². The van der Waals surface area contributed by atoms with E-state index in [9.17, 15) is 14.9 Å². The molecule has 0 aliphatic rings. The Hall–Kier alpha value is -2.66. The molecule has 5 nitrogen and oxygen atoms in total. The molecule has 0 aromatic heterocycles. The van der Waals surface area contributed by atoms with E-state index in [1.807, 2.05) is 0 Å². The molecule has 0 radical (unpaired) electrons.